The Bertz CT molecular complexity index is 375. The van der Waals surface area contributed by atoms with E-state index in [4.69, 9.17) is 22.1 Å². The van der Waals surface area contributed by atoms with Crippen LogP contribution in [0.4, 0.5) is 5.82 Å². The summed E-state index contributed by atoms with van der Waals surface area (Å²) >= 11 is 5.66. The number of aromatic nitrogens is 2. The maximum atomic E-state index is 11.6. The van der Waals surface area contributed by atoms with E-state index in [9.17, 15) is 4.79 Å². The Labute approximate surface area is 105 Å². The van der Waals surface area contributed by atoms with Crippen molar-refractivity contribution in [3.63, 3.8) is 0 Å². The van der Waals surface area contributed by atoms with Crippen LogP contribution in [0.1, 0.15) is 12.8 Å². The molecule has 1 heterocycles. The maximum absolute atomic E-state index is 11.6. The van der Waals surface area contributed by atoms with Gasteiger partial charge in [-0.1, -0.05) is 11.6 Å². The molecule has 0 spiro atoms. The number of halogens is 1. The molecule has 1 atom stereocenters. The predicted molar refractivity (Wildman–Crippen MR) is 64.8 cm³/mol. The zero-order valence-corrected chi connectivity index (χ0v) is 10.3. The highest BCUT2D eigenvalue weighted by atomic mass is 35.5. The smallest absolute Gasteiger partial charge is 0.242 e. The van der Waals surface area contributed by atoms with E-state index in [0.717, 1.165) is 6.42 Å². The fraction of sp³-hybridized carbons (Fsp3) is 0.500. The van der Waals surface area contributed by atoms with Crippen molar-refractivity contribution < 1.29 is 9.53 Å². The highest BCUT2D eigenvalue weighted by Crippen LogP contribution is 2.09. The minimum absolute atomic E-state index is 0.267. The van der Waals surface area contributed by atoms with Gasteiger partial charge in [-0.25, -0.2) is 9.97 Å². The lowest BCUT2D eigenvalue weighted by atomic mass is 10.1. The lowest BCUT2D eigenvalue weighted by Crippen LogP contribution is -2.36. The molecule has 0 radical (unpaired) electrons. The van der Waals surface area contributed by atoms with Crippen LogP contribution < -0.4 is 11.1 Å². The number of nitrogens with two attached hydrogens (primary N) is 1. The van der Waals surface area contributed by atoms with Crippen molar-refractivity contribution in [3.8, 4) is 0 Å². The van der Waals surface area contributed by atoms with Gasteiger partial charge in [0.15, 0.2) is 0 Å². The van der Waals surface area contributed by atoms with E-state index in [1.54, 1.807) is 7.11 Å². The summed E-state index contributed by atoms with van der Waals surface area (Å²) in [5, 5.41) is 2.84. The number of anilines is 1. The van der Waals surface area contributed by atoms with Crippen molar-refractivity contribution in [2.24, 2.45) is 5.73 Å². The van der Waals surface area contributed by atoms with Gasteiger partial charge < -0.3 is 15.8 Å². The summed E-state index contributed by atoms with van der Waals surface area (Å²) in [6.07, 6.45) is 2.56. The second-order valence-electron chi connectivity index (χ2n) is 3.46. The molecule has 0 aliphatic heterocycles. The van der Waals surface area contributed by atoms with Crippen molar-refractivity contribution in [1.82, 2.24) is 9.97 Å². The van der Waals surface area contributed by atoms with Crippen molar-refractivity contribution in [2.75, 3.05) is 19.0 Å². The third-order valence-corrected chi connectivity index (χ3v) is 2.29. The first-order valence-corrected chi connectivity index (χ1v) is 5.54. The topological polar surface area (TPSA) is 90.1 Å². The minimum Gasteiger partial charge on any atom is -0.385 e. The summed E-state index contributed by atoms with van der Waals surface area (Å²) in [6, 6.07) is 0.875. The van der Waals surface area contributed by atoms with Gasteiger partial charge in [-0.15, -0.1) is 0 Å². The second kappa shape index (κ2) is 7.16. The Morgan fingerprint density at radius 2 is 2.41 bits per heavy atom. The van der Waals surface area contributed by atoms with Crippen molar-refractivity contribution in [1.29, 1.82) is 0 Å². The van der Waals surface area contributed by atoms with Gasteiger partial charge in [0.2, 0.25) is 5.91 Å². The summed E-state index contributed by atoms with van der Waals surface area (Å²) in [5.74, 6) is 0.0491. The molecular formula is C10H15ClN4O2. The average Bonchev–Trinajstić information content (AvgIpc) is 2.29. The van der Waals surface area contributed by atoms with Gasteiger partial charge >= 0.3 is 0 Å². The minimum atomic E-state index is -0.584. The van der Waals surface area contributed by atoms with E-state index in [-0.39, 0.29) is 11.1 Å². The van der Waals surface area contributed by atoms with Gasteiger partial charge in [0.1, 0.15) is 17.3 Å². The lowest BCUT2D eigenvalue weighted by molar-refractivity contribution is -0.117. The number of carbonyl (C=O) groups is 1. The molecule has 0 saturated carbocycles. The molecule has 94 valence electrons. The van der Waals surface area contributed by atoms with E-state index in [1.807, 2.05) is 0 Å². The first kappa shape index (κ1) is 13.8. The molecule has 1 amide bonds. The summed E-state index contributed by atoms with van der Waals surface area (Å²) in [6.45, 7) is 0.584. The van der Waals surface area contributed by atoms with Crippen LogP contribution in [0.2, 0.25) is 5.15 Å². The van der Waals surface area contributed by atoms with Crippen LogP contribution in [0.5, 0.6) is 0 Å². The molecule has 7 heteroatoms. The standard InChI is InChI=1S/C10H15ClN4O2/c1-17-4-2-3-7(12)10(16)15-9-5-8(11)13-6-14-9/h5-7H,2-4,12H2,1H3,(H,13,14,15,16). The molecule has 3 N–H and O–H groups in total. The quantitative estimate of drug-likeness (QED) is 0.582. The Kier molecular flexibility index (Phi) is 5.82. The molecule has 0 aliphatic carbocycles. The summed E-state index contributed by atoms with van der Waals surface area (Å²) in [4.78, 5) is 19.2. The largest absolute Gasteiger partial charge is 0.385 e. The van der Waals surface area contributed by atoms with E-state index in [2.05, 4.69) is 15.3 Å². The zero-order valence-electron chi connectivity index (χ0n) is 9.52. The summed E-state index contributed by atoms with van der Waals surface area (Å²) < 4.78 is 4.88. The van der Waals surface area contributed by atoms with Crippen LogP contribution >= 0.6 is 11.6 Å². The fourth-order valence-corrected chi connectivity index (χ4v) is 1.35. The first-order valence-electron chi connectivity index (χ1n) is 5.16. The molecule has 0 bridgehead atoms. The number of hydrogen-bond acceptors (Lipinski definition) is 5. The van der Waals surface area contributed by atoms with E-state index < -0.39 is 6.04 Å². The molecule has 6 nitrogen and oxygen atoms in total. The van der Waals surface area contributed by atoms with E-state index in [0.29, 0.717) is 18.8 Å². The normalized spacial score (nSPS) is 12.2. The molecule has 1 rings (SSSR count). The number of ether oxygens (including phenoxy) is 1. The molecule has 0 saturated heterocycles. The zero-order chi connectivity index (χ0) is 12.7. The molecule has 0 aliphatic rings. The number of hydrogen-bond donors (Lipinski definition) is 2. The van der Waals surface area contributed by atoms with E-state index in [1.165, 1.54) is 12.4 Å². The summed E-state index contributed by atoms with van der Waals surface area (Å²) in [7, 11) is 1.61. The third-order valence-electron chi connectivity index (χ3n) is 2.09. The third kappa shape index (κ3) is 5.08. The van der Waals surface area contributed by atoms with Crippen LogP contribution in [0.25, 0.3) is 0 Å². The molecule has 1 unspecified atom stereocenters. The molecular weight excluding hydrogens is 244 g/mol. The maximum Gasteiger partial charge on any atom is 0.242 e. The molecule has 1 aromatic heterocycles. The fourth-order valence-electron chi connectivity index (χ4n) is 1.20. The monoisotopic (exact) mass is 258 g/mol. The van der Waals surface area contributed by atoms with Gasteiger partial charge in [0.25, 0.3) is 0 Å². The Morgan fingerprint density at radius 3 is 3.06 bits per heavy atom. The van der Waals surface area contributed by atoms with Crippen molar-refractivity contribution in [2.45, 2.75) is 18.9 Å². The predicted octanol–water partition coefficient (Wildman–Crippen LogP) is 0.822. The number of methoxy groups -OCH3 is 1. The lowest BCUT2D eigenvalue weighted by Gasteiger charge is -2.11. The Hall–Kier alpha value is -1.24. The average molecular weight is 259 g/mol. The van der Waals surface area contributed by atoms with Gasteiger partial charge in [0.05, 0.1) is 6.04 Å². The van der Waals surface area contributed by atoms with Crippen LogP contribution in [0, 0.1) is 0 Å². The van der Waals surface area contributed by atoms with Crippen molar-refractivity contribution >= 4 is 23.3 Å². The van der Waals surface area contributed by atoms with Crippen LogP contribution in [0.15, 0.2) is 12.4 Å². The summed E-state index contributed by atoms with van der Waals surface area (Å²) in [5.41, 5.74) is 5.70. The van der Waals surface area contributed by atoms with Gasteiger partial charge in [-0.3, -0.25) is 4.79 Å². The van der Waals surface area contributed by atoms with Crippen LogP contribution in [-0.4, -0.2) is 35.6 Å². The molecule has 0 fully saturated rings. The van der Waals surface area contributed by atoms with Crippen LogP contribution in [-0.2, 0) is 9.53 Å². The van der Waals surface area contributed by atoms with Gasteiger partial charge in [-0.05, 0) is 12.8 Å². The SMILES string of the molecule is COCCCC(N)C(=O)Nc1cc(Cl)ncn1. The van der Waals surface area contributed by atoms with Gasteiger partial charge in [-0.2, -0.15) is 0 Å². The molecule has 0 aromatic carbocycles. The first-order chi connectivity index (χ1) is 8.13. The molecule has 17 heavy (non-hydrogen) atoms. The second-order valence-corrected chi connectivity index (χ2v) is 3.84. The highest BCUT2D eigenvalue weighted by Gasteiger charge is 2.13. The number of carbonyl (C=O) groups excluding carboxylic acids is 1. The van der Waals surface area contributed by atoms with Gasteiger partial charge in [0, 0.05) is 19.8 Å². The number of nitrogens with one attached hydrogen (secondary N) is 1. The Morgan fingerprint density at radius 1 is 1.65 bits per heavy atom. The van der Waals surface area contributed by atoms with Crippen LogP contribution in [0.3, 0.4) is 0 Å². The van der Waals surface area contributed by atoms with E-state index >= 15 is 0 Å². The number of nitrogens with zero attached hydrogens (tertiary/aromatic N) is 2. The molecule has 1 aromatic rings. The number of rotatable bonds is 6. The van der Waals surface area contributed by atoms with Crippen molar-refractivity contribution in [3.05, 3.63) is 17.5 Å². The number of amides is 1. The Balaban J connectivity index is 2.43. The highest BCUT2D eigenvalue weighted by molar-refractivity contribution is 6.29.